The number of methoxy groups -OCH3 is 1. The van der Waals surface area contributed by atoms with Gasteiger partial charge in [0.05, 0.1) is 7.11 Å². The molecule has 1 aromatic carbocycles. The highest BCUT2D eigenvalue weighted by atomic mass is 16.7. The SMILES string of the molecule is COc1ccc(/C=C2/C=C3OCOC3=CC2=O)cc1. The van der Waals surface area contributed by atoms with Crippen molar-refractivity contribution in [1.29, 1.82) is 0 Å². The van der Waals surface area contributed by atoms with Crippen LogP contribution in [0, 0.1) is 0 Å². The summed E-state index contributed by atoms with van der Waals surface area (Å²) in [4.78, 5) is 11.9. The average Bonchev–Trinajstić information content (AvgIpc) is 2.87. The summed E-state index contributed by atoms with van der Waals surface area (Å²) >= 11 is 0. The number of carbonyl (C=O) groups is 1. The third-order valence-corrected chi connectivity index (χ3v) is 2.94. The molecule has 96 valence electrons. The first-order valence-corrected chi connectivity index (χ1v) is 5.86. The summed E-state index contributed by atoms with van der Waals surface area (Å²) in [6, 6.07) is 7.48. The Labute approximate surface area is 110 Å². The third kappa shape index (κ3) is 2.25. The van der Waals surface area contributed by atoms with E-state index < -0.39 is 0 Å². The van der Waals surface area contributed by atoms with Crippen molar-refractivity contribution >= 4 is 11.9 Å². The number of hydrogen-bond donors (Lipinski definition) is 0. The average molecular weight is 256 g/mol. The van der Waals surface area contributed by atoms with E-state index >= 15 is 0 Å². The van der Waals surface area contributed by atoms with Gasteiger partial charge in [0.25, 0.3) is 0 Å². The van der Waals surface area contributed by atoms with Crippen LogP contribution in [-0.4, -0.2) is 19.7 Å². The van der Waals surface area contributed by atoms with Crippen molar-refractivity contribution in [3.05, 3.63) is 59.1 Å². The van der Waals surface area contributed by atoms with Gasteiger partial charge in [0.2, 0.25) is 6.79 Å². The van der Waals surface area contributed by atoms with Crippen LogP contribution < -0.4 is 4.74 Å². The second-order valence-electron chi connectivity index (χ2n) is 4.16. The maximum absolute atomic E-state index is 11.9. The molecule has 0 unspecified atom stereocenters. The van der Waals surface area contributed by atoms with Gasteiger partial charge in [0.15, 0.2) is 17.3 Å². The van der Waals surface area contributed by atoms with Gasteiger partial charge >= 0.3 is 0 Å². The molecule has 0 spiro atoms. The Hall–Kier alpha value is -2.49. The van der Waals surface area contributed by atoms with Crippen molar-refractivity contribution in [1.82, 2.24) is 0 Å². The fraction of sp³-hybridized carbons (Fsp3) is 0.133. The first-order chi connectivity index (χ1) is 9.26. The van der Waals surface area contributed by atoms with Crippen molar-refractivity contribution in [2.75, 3.05) is 13.9 Å². The number of carbonyl (C=O) groups excluding carboxylic acids is 1. The summed E-state index contributed by atoms with van der Waals surface area (Å²) in [5.74, 6) is 1.82. The molecule has 0 amide bonds. The number of ketones is 1. The lowest BCUT2D eigenvalue weighted by atomic mass is 10.0. The lowest BCUT2D eigenvalue weighted by Gasteiger charge is -2.07. The van der Waals surface area contributed by atoms with E-state index in [1.165, 1.54) is 6.08 Å². The molecule has 2 aliphatic rings. The van der Waals surface area contributed by atoms with Crippen molar-refractivity contribution in [3.8, 4) is 5.75 Å². The van der Waals surface area contributed by atoms with E-state index in [1.807, 2.05) is 30.3 Å². The second-order valence-corrected chi connectivity index (χ2v) is 4.16. The first kappa shape index (κ1) is 11.6. The molecule has 3 rings (SSSR count). The number of ether oxygens (including phenoxy) is 3. The maximum Gasteiger partial charge on any atom is 0.231 e. The highest BCUT2D eigenvalue weighted by Crippen LogP contribution is 2.28. The molecular weight excluding hydrogens is 244 g/mol. The van der Waals surface area contributed by atoms with Gasteiger partial charge < -0.3 is 14.2 Å². The fourth-order valence-electron chi connectivity index (χ4n) is 1.93. The number of fused-ring (bicyclic) bond motifs is 1. The maximum atomic E-state index is 11.9. The molecule has 1 aliphatic carbocycles. The summed E-state index contributed by atoms with van der Waals surface area (Å²) in [5.41, 5.74) is 1.51. The highest BCUT2D eigenvalue weighted by molar-refractivity contribution is 6.11. The number of benzene rings is 1. The van der Waals surface area contributed by atoms with Crippen LogP contribution in [-0.2, 0) is 14.3 Å². The summed E-state index contributed by atoms with van der Waals surface area (Å²) in [6.07, 6.45) is 4.97. The molecule has 1 aliphatic heterocycles. The van der Waals surface area contributed by atoms with Gasteiger partial charge in [-0.3, -0.25) is 4.79 Å². The first-order valence-electron chi connectivity index (χ1n) is 5.86. The molecule has 0 saturated carbocycles. The van der Waals surface area contributed by atoms with E-state index in [1.54, 1.807) is 13.2 Å². The van der Waals surface area contributed by atoms with Crippen LogP contribution in [0.15, 0.2) is 53.5 Å². The fourth-order valence-corrected chi connectivity index (χ4v) is 1.93. The molecule has 19 heavy (non-hydrogen) atoms. The van der Waals surface area contributed by atoms with E-state index in [0.29, 0.717) is 17.1 Å². The Morgan fingerprint density at radius 3 is 2.47 bits per heavy atom. The summed E-state index contributed by atoms with van der Waals surface area (Å²) < 4.78 is 15.5. The molecule has 4 heteroatoms. The van der Waals surface area contributed by atoms with Gasteiger partial charge in [0, 0.05) is 11.6 Å². The Morgan fingerprint density at radius 2 is 1.79 bits per heavy atom. The Morgan fingerprint density at radius 1 is 1.11 bits per heavy atom. The van der Waals surface area contributed by atoms with E-state index in [9.17, 15) is 4.79 Å². The molecule has 1 heterocycles. The van der Waals surface area contributed by atoms with Crippen molar-refractivity contribution in [2.45, 2.75) is 0 Å². The number of hydrogen-bond acceptors (Lipinski definition) is 4. The molecule has 0 N–H and O–H groups in total. The molecule has 1 saturated heterocycles. The van der Waals surface area contributed by atoms with E-state index in [0.717, 1.165) is 11.3 Å². The van der Waals surface area contributed by atoms with Gasteiger partial charge in [-0.2, -0.15) is 0 Å². The monoisotopic (exact) mass is 256 g/mol. The van der Waals surface area contributed by atoms with Crippen LogP contribution in [0.2, 0.25) is 0 Å². The summed E-state index contributed by atoms with van der Waals surface area (Å²) in [6.45, 7) is 0.167. The lowest BCUT2D eigenvalue weighted by molar-refractivity contribution is -0.111. The minimum Gasteiger partial charge on any atom is -0.497 e. The minimum absolute atomic E-state index is 0.0833. The smallest absolute Gasteiger partial charge is 0.231 e. The number of allylic oxidation sites excluding steroid dienone is 3. The van der Waals surface area contributed by atoms with Gasteiger partial charge in [-0.1, -0.05) is 12.1 Å². The minimum atomic E-state index is -0.0833. The van der Waals surface area contributed by atoms with Gasteiger partial charge in [-0.25, -0.2) is 0 Å². The van der Waals surface area contributed by atoms with Gasteiger partial charge in [0.1, 0.15) is 5.75 Å². The molecule has 1 fully saturated rings. The predicted molar refractivity (Wildman–Crippen MR) is 69.2 cm³/mol. The van der Waals surface area contributed by atoms with Crippen molar-refractivity contribution in [3.63, 3.8) is 0 Å². The van der Waals surface area contributed by atoms with E-state index in [-0.39, 0.29) is 12.6 Å². The largest absolute Gasteiger partial charge is 0.497 e. The van der Waals surface area contributed by atoms with Crippen LogP contribution in [0.1, 0.15) is 5.56 Å². The van der Waals surface area contributed by atoms with Crippen LogP contribution in [0.5, 0.6) is 5.75 Å². The van der Waals surface area contributed by atoms with Crippen LogP contribution in [0.25, 0.3) is 6.08 Å². The number of rotatable bonds is 2. The predicted octanol–water partition coefficient (Wildman–Crippen LogP) is 2.43. The highest BCUT2D eigenvalue weighted by Gasteiger charge is 2.24. The zero-order valence-corrected chi connectivity index (χ0v) is 10.4. The lowest BCUT2D eigenvalue weighted by Crippen LogP contribution is -2.04. The van der Waals surface area contributed by atoms with Gasteiger partial charge in [-0.05, 0) is 29.8 Å². The molecule has 0 atom stereocenters. The molecule has 0 bridgehead atoms. The van der Waals surface area contributed by atoms with Crippen molar-refractivity contribution < 1.29 is 19.0 Å². The van der Waals surface area contributed by atoms with Crippen LogP contribution in [0.3, 0.4) is 0 Å². The quantitative estimate of drug-likeness (QED) is 0.762. The zero-order chi connectivity index (χ0) is 13.2. The molecule has 0 aromatic heterocycles. The zero-order valence-electron chi connectivity index (χ0n) is 10.4. The Balaban J connectivity index is 1.91. The third-order valence-electron chi connectivity index (χ3n) is 2.94. The Bertz CT molecular complexity index is 606. The molecule has 1 aromatic rings. The van der Waals surface area contributed by atoms with E-state index in [2.05, 4.69) is 0 Å². The van der Waals surface area contributed by atoms with Gasteiger partial charge in [-0.15, -0.1) is 0 Å². The van der Waals surface area contributed by atoms with Crippen LogP contribution >= 0.6 is 0 Å². The van der Waals surface area contributed by atoms with E-state index in [4.69, 9.17) is 14.2 Å². The summed E-state index contributed by atoms with van der Waals surface area (Å²) in [5, 5.41) is 0. The Kier molecular flexibility index (Phi) is 2.83. The van der Waals surface area contributed by atoms with Crippen LogP contribution in [0.4, 0.5) is 0 Å². The second kappa shape index (κ2) is 4.65. The standard InChI is InChI=1S/C15H12O4/c1-17-12-4-2-10(3-5-12)6-11-7-14-15(8-13(11)16)19-9-18-14/h2-8H,9H2,1H3/b11-6-. The molecule has 4 nitrogen and oxygen atoms in total. The summed E-state index contributed by atoms with van der Waals surface area (Å²) in [7, 11) is 1.62. The molecular formula is C15H12O4. The normalized spacial score (nSPS) is 19.2. The van der Waals surface area contributed by atoms with Crippen molar-refractivity contribution in [2.24, 2.45) is 0 Å². The molecule has 0 radical (unpaired) electrons. The topological polar surface area (TPSA) is 44.8 Å².